The van der Waals surface area contributed by atoms with Gasteiger partial charge in [0.05, 0.1) is 25.3 Å². The number of hydrogen-bond donors (Lipinski definition) is 2. The molecule has 2 amide bonds. The molecule has 7 heteroatoms. The van der Waals surface area contributed by atoms with Crippen LogP contribution in [0.25, 0.3) is 0 Å². The maximum absolute atomic E-state index is 12.2. The predicted molar refractivity (Wildman–Crippen MR) is 109 cm³/mol. The molecule has 150 valence electrons. The van der Waals surface area contributed by atoms with Gasteiger partial charge < -0.3 is 20.1 Å². The van der Waals surface area contributed by atoms with Crippen LogP contribution < -0.4 is 20.1 Å². The predicted octanol–water partition coefficient (Wildman–Crippen LogP) is 3.41. The minimum Gasteiger partial charge on any atom is -0.493 e. The quantitative estimate of drug-likeness (QED) is 0.706. The Kier molecular flexibility index (Phi) is 7.70. The number of rotatable bonds is 8. The van der Waals surface area contributed by atoms with Gasteiger partial charge in [0.1, 0.15) is 0 Å². The van der Waals surface area contributed by atoms with Crippen LogP contribution in [0.3, 0.4) is 0 Å². The molecule has 0 atom stereocenters. The molecule has 0 spiro atoms. The largest absolute Gasteiger partial charge is 0.493 e. The van der Waals surface area contributed by atoms with Gasteiger partial charge in [0.15, 0.2) is 11.5 Å². The van der Waals surface area contributed by atoms with Gasteiger partial charge in [-0.15, -0.1) is 0 Å². The van der Waals surface area contributed by atoms with Crippen molar-refractivity contribution >= 4 is 23.4 Å². The number of carbonyl (C=O) groups is 2. The fourth-order valence-corrected chi connectivity index (χ4v) is 2.86. The highest BCUT2D eigenvalue weighted by atomic mass is 35.5. The minimum atomic E-state index is -0.304. The molecule has 2 aromatic rings. The second-order valence-electron chi connectivity index (χ2n) is 6.30. The zero-order valence-corrected chi connectivity index (χ0v) is 17.3. The maximum atomic E-state index is 12.2. The molecule has 2 N–H and O–H groups in total. The van der Waals surface area contributed by atoms with E-state index in [2.05, 4.69) is 10.6 Å². The Hall–Kier alpha value is -2.73. The SMILES string of the molecule is CCOc1c(Cl)cc(CNC(=O)CNC(=O)c2ccc(C)c(C)c2)cc1OC. The topological polar surface area (TPSA) is 76.7 Å². The Morgan fingerprint density at radius 3 is 2.46 bits per heavy atom. The number of carbonyl (C=O) groups excluding carboxylic acids is 2. The molecule has 0 aliphatic carbocycles. The first-order valence-electron chi connectivity index (χ1n) is 8.97. The molecule has 0 unspecified atom stereocenters. The van der Waals surface area contributed by atoms with Gasteiger partial charge in [-0.2, -0.15) is 0 Å². The molecule has 28 heavy (non-hydrogen) atoms. The van der Waals surface area contributed by atoms with Crippen LogP contribution in [0, 0.1) is 13.8 Å². The van der Waals surface area contributed by atoms with Crippen LogP contribution in [0.4, 0.5) is 0 Å². The van der Waals surface area contributed by atoms with Crippen molar-refractivity contribution in [2.75, 3.05) is 20.3 Å². The highest BCUT2D eigenvalue weighted by molar-refractivity contribution is 6.32. The van der Waals surface area contributed by atoms with Crippen molar-refractivity contribution in [2.45, 2.75) is 27.3 Å². The van der Waals surface area contributed by atoms with E-state index in [1.54, 1.807) is 24.3 Å². The lowest BCUT2D eigenvalue weighted by atomic mass is 10.1. The van der Waals surface area contributed by atoms with E-state index >= 15 is 0 Å². The number of amides is 2. The van der Waals surface area contributed by atoms with Crippen molar-refractivity contribution in [3.63, 3.8) is 0 Å². The van der Waals surface area contributed by atoms with E-state index in [1.807, 2.05) is 26.8 Å². The number of halogens is 1. The summed E-state index contributed by atoms with van der Waals surface area (Å²) in [5.41, 5.74) is 3.43. The summed E-state index contributed by atoms with van der Waals surface area (Å²) < 4.78 is 10.8. The molecule has 0 fully saturated rings. The molecule has 0 saturated carbocycles. The lowest BCUT2D eigenvalue weighted by Gasteiger charge is -2.13. The number of nitrogens with one attached hydrogen (secondary N) is 2. The second kappa shape index (κ2) is 9.99. The molecule has 0 radical (unpaired) electrons. The fourth-order valence-electron chi connectivity index (χ4n) is 2.57. The average Bonchev–Trinajstić information content (AvgIpc) is 2.68. The minimum absolute atomic E-state index is 0.117. The lowest BCUT2D eigenvalue weighted by Crippen LogP contribution is -2.36. The van der Waals surface area contributed by atoms with Gasteiger partial charge >= 0.3 is 0 Å². The Labute approximate surface area is 170 Å². The molecule has 0 saturated heterocycles. The van der Waals surface area contributed by atoms with Gasteiger partial charge in [-0.05, 0) is 61.7 Å². The van der Waals surface area contributed by atoms with Crippen molar-refractivity contribution in [1.29, 1.82) is 0 Å². The summed E-state index contributed by atoms with van der Waals surface area (Å²) >= 11 is 6.23. The first-order valence-corrected chi connectivity index (χ1v) is 9.34. The summed E-state index contributed by atoms with van der Waals surface area (Å²) in [6.07, 6.45) is 0. The molecule has 6 nitrogen and oxygen atoms in total. The highest BCUT2D eigenvalue weighted by Gasteiger charge is 2.13. The monoisotopic (exact) mass is 404 g/mol. The maximum Gasteiger partial charge on any atom is 0.251 e. The Balaban J connectivity index is 1.91. The van der Waals surface area contributed by atoms with Crippen LogP contribution in [0.5, 0.6) is 11.5 Å². The Morgan fingerprint density at radius 1 is 1.07 bits per heavy atom. The Morgan fingerprint density at radius 2 is 1.82 bits per heavy atom. The smallest absolute Gasteiger partial charge is 0.251 e. The van der Waals surface area contributed by atoms with Crippen LogP contribution in [0.1, 0.15) is 34.0 Å². The number of aryl methyl sites for hydroxylation is 2. The lowest BCUT2D eigenvalue weighted by molar-refractivity contribution is -0.120. The van der Waals surface area contributed by atoms with Crippen molar-refractivity contribution in [2.24, 2.45) is 0 Å². The van der Waals surface area contributed by atoms with E-state index in [9.17, 15) is 9.59 Å². The van der Waals surface area contributed by atoms with Gasteiger partial charge in [-0.1, -0.05) is 17.7 Å². The molecule has 2 aromatic carbocycles. The molecular formula is C21H25ClN2O4. The molecule has 0 aromatic heterocycles. The third kappa shape index (κ3) is 5.63. The fraction of sp³-hybridized carbons (Fsp3) is 0.333. The van der Waals surface area contributed by atoms with E-state index in [1.165, 1.54) is 7.11 Å². The van der Waals surface area contributed by atoms with Gasteiger partial charge in [0.25, 0.3) is 5.91 Å². The molecule has 0 bridgehead atoms. The zero-order chi connectivity index (χ0) is 20.7. The molecule has 2 rings (SSSR count). The number of hydrogen-bond acceptors (Lipinski definition) is 4. The molecule has 0 aliphatic rings. The second-order valence-corrected chi connectivity index (χ2v) is 6.71. The van der Waals surface area contributed by atoms with Crippen molar-refractivity contribution in [3.8, 4) is 11.5 Å². The standard InChI is InChI=1S/C21H25ClN2O4/c1-5-28-20-17(22)9-15(10-18(20)27-4)11-23-19(25)12-24-21(26)16-7-6-13(2)14(3)8-16/h6-10H,5,11-12H2,1-4H3,(H,23,25)(H,24,26). The van der Waals surface area contributed by atoms with Crippen molar-refractivity contribution in [1.82, 2.24) is 10.6 Å². The number of benzene rings is 2. The van der Waals surface area contributed by atoms with E-state index in [4.69, 9.17) is 21.1 Å². The molecular weight excluding hydrogens is 380 g/mol. The van der Waals surface area contributed by atoms with Crippen molar-refractivity contribution in [3.05, 3.63) is 57.6 Å². The van der Waals surface area contributed by atoms with Gasteiger partial charge in [-0.25, -0.2) is 0 Å². The van der Waals surface area contributed by atoms with E-state index in [0.29, 0.717) is 28.7 Å². The first kappa shape index (κ1) is 21.6. The van der Waals surface area contributed by atoms with Crippen LogP contribution in [0.15, 0.2) is 30.3 Å². The average molecular weight is 405 g/mol. The van der Waals surface area contributed by atoms with Crippen LogP contribution in [-0.2, 0) is 11.3 Å². The van der Waals surface area contributed by atoms with Gasteiger partial charge in [0, 0.05) is 12.1 Å². The third-order valence-electron chi connectivity index (χ3n) is 4.25. The number of ether oxygens (including phenoxy) is 2. The first-order chi connectivity index (χ1) is 13.3. The summed E-state index contributed by atoms with van der Waals surface area (Å²) in [6, 6.07) is 8.89. The van der Waals surface area contributed by atoms with E-state index < -0.39 is 0 Å². The summed E-state index contributed by atoms with van der Waals surface area (Å²) in [5, 5.41) is 5.78. The van der Waals surface area contributed by atoms with Gasteiger partial charge in [-0.3, -0.25) is 9.59 Å². The summed E-state index contributed by atoms with van der Waals surface area (Å²) in [4.78, 5) is 24.2. The van der Waals surface area contributed by atoms with E-state index in [-0.39, 0.29) is 24.9 Å². The summed E-state index contributed by atoms with van der Waals surface area (Å²) in [6.45, 7) is 6.37. The van der Waals surface area contributed by atoms with Gasteiger partial charge in [0.2, 0.25) is 5.91 Å². The highest BCUT2D eigenvalue weighted by Crippen LogP contribution is 2.36. The summed E-state index contributed by atoms with van der Waals surface area (Å²) in [5.74, 6) is 0.384. The summed E-state index contributed by atoms with van der Waals surface area (Å²) in [7, 11) is 1.53. The normalized spacial score (nSPS) is 10.3. The van der Waals surface area contributed by atoms with E-state index in [0.717, 1.165) is 16.7 Å². The Bertz CT molecular complexity index is 868. The van der Waals surface area contributed by atoms with Crippen LogP contribution in [0.2, 0.25) is 5.02 Å². The zero-order valence-electron chi connectivity index (χ0n) is 16.5. The molecule has 0 aliphatic heterocycles. The molecule has 0 heterocycles. The van der Waals surface area contributed by atoms with Crippen LogP contribution >= 0.6 is 11.6 Å². The number of methoxy groups -OCH3 is 1. The third-order valence-corrected chi connectivity index (χ3v) is 4.53. The van der Waals surface area contributed by atoms with Crippen molar-refractivity contribution < 1.29 is 19.1 Å². The van der Waals surface area contributed by atoms with Crippen LogP contribution in [-0.4, -0.2) is 32.1 Å².